The first-order valence-corrected chi connectivity index (χ1v) is 9.51. The molecule has 27 heavy (non-hydrogen) atoms. The van der Waals surface area contributed by atoms with Crippen molar-refractivity contribution in [3.63, 3.8) is 0 Å². The highest BCUT2D eigenvalue weighted by atomic mass is 32.2. The van der Waals surface area contributed by atoms with Gasteiger partial charge in [-0.1, -0.05) is 60.7 Å². The molecule has 0 amide bonds. The molecule has 4 aromatic carbocycles. The van der Waals surface area contributed by atoms with Crippen molar-refractivity contribution in [2.24, 2.45) is 10.2 Å². The predicted octanol–water partition coefficient (Wildman–Crippen LogP) is 5.36. The fraction of sp³-hybridized carbons (Fsp3) is 0. The summed E-state index contributed by atoms with van der Waals surface area (Å²) in [6.07, 6.45) is 0. The number of fused-ring (bicyclic) bond motifs is 2. The Morgan fingerprint density at radius 3 is 1.85 bits per heavy atom. The molecule has 2 N–H and O–H groups in total. The van der Waals surface area contributed by atoms with Crippen molar-refractivity contribution in [3.8, 4) is 5.75 Å². The molecule has 4 rings (SSSR count). The van der Waals surface area contributed by atoms with Gasteiger partial charge >= 0.3 is 0 Å². The number of phenols is 1. The number of hydrogen-bond acceptors (Lipinski definition) is 5. The molecule has 0 atom stereocenters. The molecule has 0 aliphatic rings. The Labute approximate surface area is 155 Å². The molecule has 0 unspecified atom stereocenters. The number of phenolic OH excluding ortho intramolecular Hbond substituents is 1. The lowest BCUT2D eigenvalue weighted by atomic mass is 10.1. The molecule has 0 spiro atoms. The lowest BCUT2D eigenvalue weighted by molar-refractivity contribution is 0.482. The smallest absolute Gasteiger partial charge is 0.297 e. The normalized spacial score (nSPS) is 12.2. The largest absolute Gasteiger partial charge is 0.505 e. The number of hydrogen-bond donors (Lipinski definition) is 2. The van der Waals surface area contributed by atoms with E-state index in [-0.39, 0.29) is 22.0 Å². The maximum Gasteiger partial charge on any atom is 0.297 e. The molecule has 0 radical (unpaired) electrons. The van der Waals surface area contributed by atoms with Gasteiger partial charge in [0.25, 0.3) is 10.1 Å². The maximum atomic E-state index is 11.9. The molecule has 7 heteroatoms. The van der Waals surface area contributed by atoms with Crippen LogP contribution in [0, 0.1) is 0 Å². The number of aromatic hydroxyl groups is 1. The van der Waals surface area contributed by atoms with Crippen molar-refractivity contribution in [1.82, 2.24) is 0 Å². The van der Waals surface area contributed by atoms with Gasteiger partial charge in [-0.2, -0.15) is 8.42 Å². The lowest BCUT2D eigenvalue weighted by Gasteiger charge is -2.07. The summed E-state index contributed by atoms with van der Waals surface area (Å²) in [6.45, 7) is 0. The quantitative estimate of drug-likeness (QED) is 0.370. The maximum absolute atomic E-state index is 11.9. The summed E-state index contributed by atoms with van der Waals surface area (Å²) in [4.78, 5) is -0.315. The molecule has 0 bridgehead atoms. The second kappa shape index (κ2) is 6.46. The van der Waals surface area contributed by atoms with Crippen LogP contribution in [0.15, 0.2) is 87.9 Å². The molecular weight excluding hydrogens is 364 g/mol. The van der Waals surface area contributed by atoms with Gasteiger partial charge in [0.05, 0.1) is 0 Å². The predicted molar refractivity (Wildman–Crippen MR) is 104 cm³/mol. The van der Waals surface area contributed by atoms with Crippen molar-refractivity contribution < 1.29 is 18.1 Å². The fourth-order valence-electron chi connectivity index (χ4n) is 3.01. The van der Waals surface area contributed by atoms with Gasteiger partial charge in [-0.15, -0.1) is 10.2 Å². The van der Waals surface area contributed by atoms with Gasteiger partial charge in [0.15, 0.2) is 5.75 Å². The molecule has 0 aliphatic heterocycles. The molecule has 0 saturated heterocycles. The van der Waals surface area contributed by atoms with Gasteiger partial charge in [0.2, 0.25) is 0 Å². The fourth-order valence-corrected chi connectivity index (χ4v) is 3.85. The molecule has 0 saturated carbocycles. The van der Waals surface area contributed by atoms with Crippen LogP contribution < -0.4 is 0 Å². The SMILES string of the molecule is O=S(=O)(O)c1c(N=Nc2ccc3ccccc3c2O)ccc2ccccc12. The summed E-state index contributed by atoms with van der Waals surface area (Å²) in [6, 6.07) is 20.6. The van der Waals surface area contributed by atoms with Crippen LogP contribution in [0.1, 0.15) is 0 Å². The van der Waals surface area contributed by atoms with Crippen LogP contribution in [-0.2, 0) is 10.1 Å². The minimum absolute atomic E-state index is 0.0104. The van der Waals surface area contributed by atoms with Gasteiger partial charge in [0.1, 0.15) is 16.3 Å². The highest BCUT2D eigenvalue weighted by Crippen LogP contribution is 2.37. The highest BCUT2D eigenvalue weighted by Gasteiger charge is 2.19. The van der Waals surface area contributed by atoms with E-state index in [9.17, 15) is 18.1 Å². The standard InChI is InChI=1S/C20H14N2O4S/c23-19-15-7-3-1-5-13(15)9-11-17(19)21-22-18-12-10-14-6-2-4-8-16(14)20(18)27(24,25)26/h1-12,23H,(H,24,25,26). The third-order valence-corrected chi connectivity index (χ3v) is 5.21. The summed E-state index contributed by atoms with van der Waals surface area (Å²) in [5.41, 5.74) is 0.187. The van der Waals surface area contributed by atoms with E-state index >= 15 is 0 Å². The Morgan fingerprint density at radius 1 is 0.667 bits per heavy atom. The van der Waals surface area contributed by atoms with Gasteiger partial charge in [0, 0.05) is 10.8 Å². The molecule has 0 aliphatic carbocycles. The average molecular weight is 378 g/mol. The molecule has 0 aromatic heterocycles. The van der Waals surface area contributed by atoms with Crippen molar-refractivity contribution >= 4 is 43.0 Å². The zero-order valence-corrected chi connectivity index (χ0v) is 14.8. The van der Waals surface area contributed by atoms with Gasteiger partial charge in [-0.3, -0.25) is 4.55 Å². The summed E-state index contributed by atoms with van der Waals surface area (Å²) < 4.78 is 33.5. The van der Waals surface area contributed by atoms with Crippen LogP contribution in [0.4, 0.5) is 11.4 Å². The Balaban J connectivity index is 1.88. The first-order valence-electron chi connectivity index (χ1n) is 8.07. The van der Waals surface area contributed by atoms with Crippen LogP contribution in [0.25, 0.3) is 21.5 Å². The van der Waals surface area contributed by atoms with Crippen LogP contribution >= 0.6 is 0 Å². The molecule has 134 valence electrons. The molecule has 0 fully saturated rings. The van der Waals surface area contributed by atoms with Crippen molar-refractivity contribution in [2.75, 3.05) is 0 Å². The second-order valence-corrected chi connectivity index (χ2v) is 7.32. The Morgan fingerprint density at radius 2 is 1.19 bits per heavy atom. The zero-order valence-electron chi connectivity index (χ0n) is 13.9. The van der Waals surface area contributed by atoms with E-state index in [1.165, 1.54) is 6.07 Å². The van der Waals surface area contributed by atoms with Crippen molar-refractivity contribution in [3.05, 3.63) is 72.8 Å². The van der Waals surface area contributed by atoms with Crippen molar-refractivity contribution in [1.29, 1.82) is 0 Å². The second-order valence-electron chi connectivity index (χ2n) is 5.96. The molecule has 4 aromatic rings. The van der Waals surface area contributed by atoms with E-state index in [0.29, 0.717) is 16.2 Å². The third-order valence-electron chi connectivity index (χ3n) is 4.26. The van der Waals surface area contributed by atoms with E-state index in [2.05, 4.69) is 10.2 Å². The molecule has 6 nitrogen and oxygen atoms in total. The Bertz CT molecular complexity index is 1310. The van der Waals surface area contributed by atoms with E-state index in [4.69, 9.17) is 0 Å². The first kappa shape index (κ1) is 17.1. The number of benzene rings is 4. The summed E-state index contributed by atoms with van der Waals surface area (Å²) in [5.74, 6) is -0.0500. The summed E-state index contributed by atoms with van der Waals surface area (Å²) in [7, 11) is -4.53. The number of rotatable bonds is 3. The van der Waals surface area contributed by atoms with E-state index < -0.39 is 10.1 Å². The molecular formula is C20H14N2O4S. The minimum Gasteiger partial charge on any atom is -0.505 e. The monoisotopic (exact) mass is 378 g/mol. The first-order chi connectivity index (χ1) is 12.9. The van der Waals surface area contributed by atoms with Gasteiger partial charge in [-0.25, -0.2) is 0 Å². The van der Waals surface area contributed by atoms with Gasteiger partial charge in [-0.05, 0) is 22.9 Å². The Kier molecular flexibility index (Phi) is 4.10. The van der Waals surface area contributed by atoms with E-state index in [1.54, 1.807) is 54.6 Å². The van der Waals surface area contributed by atoms with Crippen LogP contribution in [-0.4, -0.2) is 18.1 Å². The number of azo groups is 1. The lowest BCUT2D eigenvalue weighted by Crippen LogP contribution is -1.99. The average Bonchev–Trinajstić information content (AvgIpc) is 2.66. The topological polar surface area (TPSA) is 99.3 Å². The minimum atomic E-state index is -4.53. The van der Waals surface area contributed by atoms with Crippen LogP contribution in [0.3, 0.4) is 0 Å². The highest BCUT2D eigenvalue weighted by molar-refractivity contribution is 7.86. The summed E-state index contributed by atoms with van der Waals surface area (Å²) in [5, 5.41) is 20.9. The van der Waals surface area contributed by atoms with Gasteiger partial charge < -0.3 is 5.11 Å². The summed E-state index contributed by atoms with van der Waals surface area (Å²) >= 11 is 0. The van der Waals surface area contributed by atoms with Crippen LogP contribution in [0.5, 0.6) is 5.75 Å². The third kappa shape index (κ3) is 3.14. The zero-order chi connectivity index (χ0) is 19.0. The molecule has 0 heterocycles. The van der Waals surface area contributed by atoms with Crippen molar-refractivity contribution in [2.45, 2.75) is 4.90 Å². The van der Waals surface area contributed by atoms with E-state index in [0.717, 1.165) is 5.39 Å². The Hall–Kier alpha value is -3.29. The van der Waals surface area contributed by atoms with E-state index in [1.807, 2.05) is 12.1 Å². The number of nitrogens with zero attached hydrogens (tertiary/aromatic N) is 2. The van der Waals surface area contributed by atoms with Crippen LogP contribution in [0.2, 0.25) is 0 Å².